The predicted octanol–water partition coefficient (Wildman–Crippen LogP) is 2.58. The zero-order chi connectivity index (χ0) is 16.7. The van der Waals surface area contributed by atoms with E-state index in [4.69, 9.17) is 0 Å². The Kier molecular flexibility index (Phi) is 4.43. The first-order chi connectivity index (χ1) is 10.2. The van der Waals surface area contributed by atoms with Crippen LogP contribution in [-0.4, -0.2) is 45.4 Å². The molecule has 1 heterocycles. The molecule has 1 unspecified atom stereocenters. The Labute approximate surface area is 130 Å². The second-order valence-corrected chi connectivity index (χ2v) is 5.44. The molecule has 0 spiro atoms. The van der Waals surface area contributed by atoms with E-state index in [1.807, 2.05) is 0 Å². The molecule has 1 amide bonds. The highest BCUT2D eigenvalue weighted by Gasteiger charge is 2.53. The molecular formula is C12H9BrF4N2O3. The second-order valence-electron chi connectivity index (χ2n) is 4.53. The molecule has 2 rings (SSSR count). The van der Waals surface area contributed by atoms with Gasteiger partial charge in [0, 0.05) is 10.9 Å². The first kappa shape index (κ1) is 16.7. The maximum absolute atomic E-state index is 13.0. The summed E-state index contributed by atoms with van der Waals surface area (Å²) in [5.74, 6) is -1.89. The van der Waals surface area contributed by atoms with Crippen molar-refractivity contribution in [3.05, 3.63) is 28.2 Å². The summed E-state index contributed by atoms with van der Waals surface area (Å²) in [4.78, 5) is 12.2. The first-order valence-corrected chi connectivity index (χ1v) is 6.65. The highest BCUT2D eigenvalue weighted by atomic mass is 79.9. The summed E-state index contributed by atoms with van der Waals surface area (Å²) in [6, 6.07) is 3.58. The Hall–Kier alpha value is -1.68. The number of hydrazone groups is 1. The fourth-order valence-electron chi connectivity index (χ4n) is 1.90. The number of rotatable bonds is 3. The Morgan fingerprint density at radius 3 is 2.55 bits per heavy atom. The number of halogens is 5. The number of aromatic hydroxyl groups is 1. The van der Waals surface area contributed by atoms with Crippen molar-refractivity contribution in [3.63, 3.8) is 0 Å². The monoisotopic (exact) mass is 384 g/mol. The van der Waals surface area contributed by atoms with Crippen molar-refractivity contribution in [1.29, 1.82) is 0 Å². The van der Waals surface area contributed by atoms with Crippen molar-refractivity contribution < 1.29 is 32.6 Å². The van der Waals surface area contributed by atoms with Gasteiger partial charge in [0.2, 0.25) is 5.72 Å². The molecule has 0 fully saturated rings. The summed E-state index contributed by atoms with van der Waals surface area (Å²) < 4.78 is 51.7. The van der Waals surface area contributed by atoms with Gasteiger partial charge in [-0.3, -0.25) is 4.79 Å². The molecule has 0 bridgehead atoms. The molecule has 10 heteroatoms. The lowest BCUT2D eigenvalue weighted by Crippen LogP contribution is -2.51. The van der Waals surface area contributed by atoms with Crippen molar-refractivity contribution >= 4 is 27.5 Å². The third kappa shape index (κ3) is 2.80. The molecule has 0 radical (unpaired) electrons. The van der Waals surface area contributed by atoms with Crippen LogP contribution in [0.2, 0.25) is 0 Å². The number of carbonyl (C=O) groups is 1. The normalized spacial score (nSPS) is 21.6. The van der Waals surface area contributed by atoms with E-state index in [0.717, 1.165) is 12.1 Å². The van der Waals surface area contributed by atoms with E-state index in [0.29, 0.717) is 4.47 Å². The lowest BCUT2D eigenvalue weighted by molar-refractivity contribution is -0.164. The molecule has 1 aromatic rings. The Balaban J connectivity index is 2.47. The fourth-order valence-corrected chi connectivity index (χ4v) is 2.26. The maximum atomic E-state index is 13.0. The van der Waals surface area contributed by atoms with E-state index in [2.05, 4.69) is 21.0 Å². The smallest absolute Gasteiger partial charge is 0.287 e. The molecule has 0 aromatic heterocycles. The third-order valence-electron chi connectivity index (χ3n) is 3.02. The first-order valence-electron chi connectivity index (χ1n) is 5.86. The van der Waals surface area contributed by atoms with E-state index in [-0.39, 0.29) is 5.01 Å². The number of hydrogen-bond acceptors (Lipinski definition) is 4. The summed E-state index contributed by atoms with van der Waals surface area (Å²) >= 11 is 3.02. The topological polar surface area (TPSA) is 73.1 Å². The average Bonchev–Trinajstić information content (AvgIpc) is 2.80. The van der Waals surface area contributed by atoms with Crippen LogP contribution in [0, 0.1) is 0 Å². The van der Waals surface area contributed by atoms with Crippen LogP contribution in [0.5, 0.6) is 5.75 Å². The van der Waals surface area contributed by atoms with E-state index >= 15 is 0 Å². The van der Waals surface area contributed by atoms with Crippen LogP contribution in [0.3, 0.4) is 0 Å². The summed E-state index contributed by atoms with van der Waals surface area (Å²) in [5, 5.41) is 22.5. The Morgan fingerprint density at radius 2 is 2.00 bits per heavy atom. The van der Waals surface area contributed by atoms with Gasteiger partial charge in [-0.15, -0.1) is 0 Å². The van der Waals surface area contributed by atoms with Gasteiger partial charge < -0.3 is 10.2 Å². The molecule has 1 aliphatic rings. The van der Waals surface area contributed by atoms with E-state index in [1.165, 1.54) is 6.07 Å². The van der Waals surface area contributed by atoms with Gasteiger partial charge in [0.05, 0.1) is 5.56 Å². The standard InChI is InChI=1S/C12H9BrF4N2O3/c13-5-1-2-8(20)6(3-5)10(21)19-12(22,11(16)17)4-7(18-19)9(14)15/h1-3,9,11,20,22H,4H2. The molecule has 22 heavy (non-hydrogen) atoms. The third-order valence-corrected chi connectivity index (χ3v) is 3.51. The molecule has 1 aliphatic heterocycles. The SMILES string of the molecule is O=C(c1cc(Br)ccc1O)N1N=C(C(F)F)CC1(O)C(F)F. The van der Waals surface area contributed by atoms with Gasteiger partial charge in [0.15, 0.2) is 0 Å². The summed E-state index contributed by atoms with van der Waals surface area (Å²) in [5.41, 5.74) is -4.68. The number of benzene rings is 1. The number of alkyl halides is 4. The van der Waals surface area contributed by atoms with Gasteiger partial charge >= 0.3 is 0 Å². The Bertz CT molecular complexity index is 641. The number of amides is 1. The van der Waals surface area contributed by atoms with Crippen molar-refractivity contribution in [3.8, 4) is 5.75 Å². The van der Waals surface area contributed by atoms with Gasteiger partial charge in [-0.25, -0.2) is 17.6 Å². The number of carbonyl (C=O) groups excluding carboxylic acids is 1. The average molecular weight is 385 g/mol. The number of nitrogens with zero attached hydrogens (tertiary/aromatic N) is 2. The molecule has 1 atom stereocenters. The van der Waals surface area contributed by atoms with Crippen molar-refractivity contribution in [2.24, 2.45) is 5.10 Å². The van der Waals surface area contributed by atoms with Crippen LogP contribution in [0.15, 0.2) is 27.8 Å². The minimum atomic E-state index is -3.52. The maximum Gasteiger partial charge on any atom is 0.287 e. The summed E-state index contributed by atoms with van der Waals surface area (Å²) in [6.45, 7) is 0. The van der Waals surface area contributed by atoms with Crippen molar-refractivity contribution in [2.75, 3.05) is 0 Å². The van der Waals surface area contributed by atoms with Crippen LogP contribution in [0.25, 0.3) is 0 Å². The number of phenols is 1. The minimum Gasteiger partial charge on any atom is -0.507 e. The Morgan fingerprint density at radius 1 is 1.36 bits per heavy atom. The molecule has 0 saturated heterocycles. The van der Waals surface area contributed by atoms with Gasteiger partial charge in [-0.05, 0) is 18.2 Å². The van der Waals surface area contributed by atoms with Crippen LogP contribution in [-0.2, 0) is 0 Å². The van der Waals surface area contributed by atoms with Gasteiger partial charge in [0.25, 0.3) is 18.8 Å². The largest absolute Gasteiger partial charge is 0.507 e. The van der Waals surface area contributed by atoms with Crippen LogP contribution < -0.4 is 0 Å². The molecule has 0 aliphatic carbocycles. The number of aliphatic hydroxyl groups is 1. The van der Waals surface area contributed by atoms with Crippen LogP contribution in [0.1, 0.15) is 16.8 Å². The van der Waals surface area contributed by atoms with Gasteiger partial charge in [0.1, 0.15) is 11.5 Å². The fraction of sp³-hybridized carbons (Fsp3) is 0.333. The zero-order valence-corrected chi connectivity index (χ0v) is 12.3. The zero-order valence-electron chi connectivity index (χ0n) is 10.7. The minimum absolute atomic E-state index is 0.110. The quantitative estimate of drug-likeness (QED) is 0.786. The van der Waals surface area contributed by atoms with Crippen LogP contribution >= 0.6 is 15.9 Å². The lowest BCUT2D eigenvalue weighted by atomic mass is 10.1. The highest BCUT2D eigenvalue weighted by Crippen LogP contribution is 2.35. The molecular weight excluding hydrogens is 376 g/mol. The van der Waals surface area contributed by atoms with Gasteiger partial charge in [-0.1, -0.05) is 15.9 Å². The van der Waals surface area contributed by atoms with E-state index in [1.54, 1.807) is 0 Å². The summed E-state index contributed by atoms with van der Waals surface area (Å²) in [7, 11) is 0. The number of phenolic OH excluding ortho intramolecular Hbond substituents is 1. The molecule has 1 aromatic carbocycles. The molecule has 0 saturated carbocycles. The molecule has 2 N–H and O–H groups in total. The van der Waals surface area contributed by atoms with Crippen molar-refractivity contribution in [1.82, 2.24) is 5.01 Å². The molecule has 120 valence electrons. The number of hydrogen-bond donors (Lipinski definition) is 2. The van der Waals surface area contributed by atoms with Crippen molar-refractivity contribution in [2.45, 2.75) is 25.0 Å². The lowest BCUT2D eigenvalue weighted by Gasteiger charge is -2.30. The van der Waals surface area contributed by atoms with Crippen LogP contribution in [0.4, 0.5) is 17.6 Å². The predicted molar refractivity (Wildman–Crippen MR) is 71.0 cm³/mol. The van der Waals surface area contributed by atoms with Gasteiger partial charge in [-0.2, -0.15) is 10.1 Å². The van der Waals surface area contributed by atoms with E-state index in [9.17, 15) is 32.6 Å². The molecule has 5 nitrogen and oxygen atoms in total. The summed E-state index contributed by atoms with van der Waals surface area (Å²) in [6.07, 6.45) is -7.90. The highest BCUT2D eigenvalue weighted by molar-refractivity contribution is 9.10. The van der Waals surface area contributed by atoms with E-state index < -0.39 is 47.9 Å². The second kappa shape index (κ2) is 5.84.